The molecule has 0 aromatic heterocycles. The predicted molar refractivity (Wildman–Crippen MR) is 179 cm³/mol. The summed E-state index contributed by atoms with van der Waals surface area (Å²) in [5.74, 6) is 0.896. The molecule has 0 saturated heterocycles. The van der Waals surface area contributed by atoms with Crippen LogP contribution in [0.25, 0.3) is 0 Å². The third-order valence-corrected chi connectivity index (χ3v) is 10.6. The number of rotatable bonds is 30. The molecule has 8 heteroatoms. The van der Waals surface area contributed by atoms with Crippen LogP contribution < -0.4 is 9.44 Å². The second-order valence-electron chi connectivity index (χ2n) is 10.5. The lowest BCUT2D eigenvalue weighted by molar-refractivity contribution is -0.136. The van der Waals surface area contributed by atoms with Crippen LogP contribution in [-0.2, 0) is 9.59 Å². The van der Waals surface area contributed by atoms with Crippen molar-refractivity contribution in [2.75, 3.05) is 11.5 Å². The number of carbonyl (C=O) groups excluding carboxylic acids is 2. The van der Waals surface area contributed by atoms with Crippen LogP contribution >= 0.6 is 43.5 Å². The van der Waals surface area contributed by atoms with Gasteiger partial charge in [0.15, 0.2) is 0 Å². The first-order valence-corrected chi connectivity index (χ1v) is 20.5. The van der Waals surface area contributed by atoms with Gasteiger partial charge >= 0.3 is 11.8 Å². The van der Waals surface area contributed by atoms with Crippen molar-refractivity contribution in [2.24, 2.45) is 0 Å². The summed E-state index contributed by atoms with van der Waals surface area (Å²) in [7, 11) is 5.80. The van der Waals surface area contributed by atoms with Crippen molar-refractivity contribution in [1.29, 1.82) is 0 Å². The van der Waals surface area contributed by atoms with Crippen molar-refractivity contribution < 1.29 is 9.59 Å². The lowest BCUT2D eigenvalue weighted by Gasteiger charge is -2.05. The Bertz CT molecular complexity index is 469. The summed E-state index contributed by atoms with van der Waals surface area (Å²) >= 11 is 0. The highest BCUT2D eigenvalue weighted by atomic mass is 33.1. The van der Waals surface area contributed by atoms with E-state index in [2.05, 4.69) is 23.3 Å². The molecule has 0 aromatic carbocycles. The molecular weight excluding hydrogens is 549 g/mol. The summed E-state index contributed by atoms with van der Waals surface area (Å²) in [6, 6.07) is 0. The molecule has 2 N–H and O–H groups in total. The Morgan fingerprint density at radius 1 is 0.395 bits per heavy atom. The first kappa shape index (κ1) is 38.3. The lowest BCUT2D eigenvalue weighted by Crippen LogP contribution is -2.32. The highest BCUT2D eigenvalue weighted by Gasteiger charge is 2.13. The summed E-state index contributed by atoms with van der Waals surface area (Å²) in [5, 5.41) is 0. The largest absolute Gasteiger partial charge is 0.320 e. The first-order valence-electron chi connectivity index (χ1n) is 15.9. The van der Waals surface area contributed by atoms with Gasteiger partial charge in [-0.3, -0.25) is 19.0 Å². The van der Waals surface area contributed by atoms with E-state index in [4.69, 9.17) is 0 Å². The fraction of sp³-hybridized carbons (Fsp3) is 0.933. The zero-order valence-electron chi connectivity index (χ0n) is 24.8. The molecule has 4 nitrogen and oxygen atoms in total. The number of hydrogen-bond acceptors (Lipinski definition) is 6. The summed E-state index contributed by atoms with van der Waals surface area (Å²) in [5.41, 5.74) is 0. The fourth-order valence-corrected chi connectivity index (χ4v) is 7.59. The summed E-state index contributed by atoms with van der Waals surface area (Å²) in [4.78, 5) is 23.8. The van der Waals surface area contributed by atoms with Crippen molar-refractivity contribution in [1.82, 2.24) is 9.44 Å². The minimum absolute atomic E-state index is 0.560. The summed E-state index contributed by atoms with van der Waals surface area (Å²) in [6.07, 6.45) is 32.4. The van der Waals surface area contributed by atoms with Crippen LogP contribution in [-0.4, -0.2) is 23.3 Å². The van der Waals surface area contributed by atoms with Crippen molar-refractivity contribution in [2.45, 2.75) is 168 Å². The molecule has 0 fully saturated rings. The molecule has 0 unspecified atom stereocenters. The van der Waals surface area contributed by atoms with Gasteiger partial charge in [-0.2, -0.15) is 0 Å². The molecular formula is C30H60N2O2S4. The van der Waals surface area contributed by atoms with E-state index in [0.29, 0.717) is 0 Å². The van der Waals surface area contributed by atoms with Crippen LogP contribution in [0.4, 0.5) is 0 Å². The number of carbonyl (C=O) groups is 2. The summed E-state index contributed by atoms with van der Waals surface area (Å²) < 4.78 is 5.27. The van der Waals surface area contributed by atoms with Crippen molar-refractivity contribution in [3.63, 3.8) is 0 Å². The normalized spacial score (nSPS) is 11.1. The Morgan fingerprint density at radius 3 is 0.895 bits per heavy atom. The minimum Gasteiger partial charge on any atom is -0.283 e. The predicted octanol–water partition coefficient (Wildman–Crippen LogP) is 11.2. The number of nitrogens with one attached hydrogen (secondary N) is 2. The van der Waals surface area contributed by atoms with Gasteiger partial charge in [0.05, 0.1) is 0 Å². The van der Waals surface area contributed by atoms with Crippen LogP contribution in [0.3, 0.4) is 0 Å². The van der Waals surface area contributed by atoms with Gasteiger partial charge < -0.3 is 0 Å². The second-order valence-corrected chi connectivity index (χ2v) is 14.9. The van der Waals surface area contributed by atoms with E-state index < -0.39 is 11.8 Å². The average Bonchev–Trinajstić information content (AvgIpc) is 2.92. The molecule has 0 atom stereocenters. The van der Waals surface area contributed by atoms with Gasteiger partial charge in [0.2, 0.25) is 0 Å². The Hall–Kier alpha value is 0.340. The van der Waals surface area contributed by atoms with Crippen LogP contribution in [0, 0.1) is 0 Å². The van der Waals surface area contributed by atoms with Crippen LogP contribution in [0.2, 0.25) is 0 Å². The molecule has 0 spiro atoms. The van der Waals surface area contributed by atoms with Gasteiger partial charge in [-0.15, -0.1) is 0 Å². The number of hydrogen-bond donors (Lipinski definition) is 2. The molecule has 226 valence electrons. The highest BCUT2D eigenvalue weighted by molar-refractivity contribution is 8.76. The number of amides is 2. The maximum Gasteiger partial charge on any atom is 0.320 e. The zero-order chi connectivity index (χ0) is 27.8. The SMILES string of the molecule is CCCCCCCCCCCCCCSSNC(=O)C(=O)NSSCCCCCCCCCCCCCC. The highest BCUT2D eigenvalue weighted by Crippen LogP contribution is 2.22. The van der Waals surface area contributed by atoms with Gasteiger partial charge in [0, 0.05) is 33.5 Å². The Balaban J connectivity index is 3.28. The molecule has 0 rings (SSSR count). The van der Waals surface area contributed by atoms with E-state index in [1.54, 1.807) is 21.6 Å². The third kappa shape index (κ3) is 30.9. The van der Waals surface area contributed by atoms with Gasteiger partial charge in [0.25, 0.3) is 0 Å². The van der Waals surface area contributed by atoms with E-state index in [1.165, 1.54) is 176 Å². The quantitative estimate of drug-likeness (QED) is 0.0366. The standard InChI is InChI=1S/C30H60N2O2S4/c1-3-5-7-9-11-13-15-17-19-21-23-25-27-35-37-31-29(33)30(34)32-38-36-28-26-24-22-20-18-16-14-12-10-8-6-4-2/h3-28H2,1-2H3,(H,31,33)(H,32,34). The maximum absolute atomic E-state index is 11.9. The van der Waals surface area contributed by atoms with Gasteiger partial charge in [-0.05, 0) is 12.8 Å². The second kappa shape index (κ2) is 33.5. The van der Waals surface area contributed by atoms with Crippen molar-refractivity contribution in [3.8, 4) is 0 Å². The Morgan fingerprint density at radius 2 is 0.632 bits per heavy atom. The average molecular weight is 609 g/mol. The molecule has 0 bridgehead atoms. The van der Waals surface area contributed by atoms with Crippen molar-refractivity contribution >= 4 is 55.4 Å². The maximum atomic E-state index is 11.9. The van der Waals surface area contributed by atoms with Gasteiger partial charge in [0.1, 0.15) is 0 Å². The van der Waals surface area contributed by atoms with Crippen LogP contribution in [0.5, 0.6) is 0 Å². The molecule has 0 aliphatic carbocycles. The monoisotopic (exact) mass is 608 g/mol. The summed E-state index contributed by atoms with van der Waals surface area (Å²) in [6.45, 7) is 4.54. The number of unbranched alkanes of at least 4 members (excludes halogenated alkanes) is 22. The third-order valence-electron chi connectivity index (χ3n) is 6.76. The Kier molecular flexibility index (Phi) is 33.8. The molecule has 0 radical (unpaired) electrons. The molecule has 0 aliphatic rings. The molecule has 0 heterocycles. The Labute approximate surface area is 252 Å². The molecule has 2 amide bonds. The van der Waals surface area contributed by atoms with Crippen molar-refractivity contribution in [3.05, 3.63) is 0 Å². The fourth-order valence-electron chi connectivity index (χ4n) is 4.31. The molecule has 0 aliphatic heterocycles. The van der Waals surface area contributed by atoms with E-state index in [1.807, 2.05) is 0 Å². The van der Waals surface area contributed by atoms with E-state index in [0.717, 1.165) is 11.5 Å². The molecule has 0 saturated carbocycles. The van der Waals surface area contributed by atoms with E-state index in [-0.39, 0.29) is 0 Å². The first-order chi connectivity index (χ1) is 18.7. The van der Waals surface area contributed by atoms with E-state index in [9.17, 15) is 9.59 Å². The lowest BCUT2D eigenvalue weighted by atomic mass is 10.1. The topological polar surface area (TPSA) is 58.2 Å². The zero-order valence-corrected chi connectivity index (χ0v) is 28.1. The smallest absolute Gasteiger partial charge is 0.283 e. The minimum atomic E-state index is -0.560. The van der Waals surface area contributed by atoms with Gasteiger partial charge in [-0.25, -0.2) is 0 Å². The van der Waals surface area contributed by atoms with Crippen LogP contribution in [0.15, 0.2) is 0 Å². The molecule has 0 aromatic rings. The van der Waals surface area contributed by atoms with E-state index >= 15 is 0 Å². The van der Waals surface area contributed by atoms with Gasteiger partial charge in [-0.1, -0.05) is 177 Å². The molecule has 38 heavy (non-hydrogen) atoms. The van der Waals surface area contributed by atoms with Crippen LogP contribution in [0.1, 0.15) is 168 Å².